The van der Waals surface area contributed by atoms with Gasteiger partial charge in [-0.3, -0.25) is 0 Å². The van der Waals surface area contributed by atoms with Crippen molar-refractivity contribution in [2.24, 2.45) is 0 Å². The monoisotopic (exact) mass is 242 g/mol. The number of methoxy groups -OCH3 is 1. The number of hydrogen-bond acceptors (Lipinski definition) is 5. The predicted octanol–water partition coefficient (Wildman–Crippen LogP) is 0.985. The molecule has 1 aromatic heterocycles. The van der Waals surface area contributed by atoms with E-state index in [1.54, 1.807) is 18.2 Å². The van der Waals surface area contributed by atoms with E-state index in [2.05, 4.69) is 14.8 Å². The molecular formula is C12H10N4O2. The highest BCUT2D eigenvalue weighted by Crippen LogP contribution is 2.08. The first kappa shape index (κ1) is 11.8. The number of carbonyl (C=O) groups is 1. The molecule has 0 saturated heterocycles. The van der Waals surface area contributed by atoms with Gasteiger partial charge < -0.3 is 4.74 Å². The number of nitrogens with zero attached hydrogens (tertiary/aromatic N) is 4. The molecule has 0 spiro atoms. The average Bonchev–Trinajstić information content (AvgIpc) is 2.86. The zero-order valence-corrected chi connectivity index (χ0v) is 9.70. The first-order valence-corrected chi connectivity index (χ1v) is 5.19. The largest absolute Gasteiger partial charge is 0.465 e. The van der Waals surface area contributed by atoms with Crippen LogP contribution in [0.1, 0.15) is 21.7 Å². The molecule has 2 aromatic rings. The fourth-order valence-corrected chi connectivity index (χ4v) is 1.52. The predicted molar refractivity (Wildman–Crippen MR) is 61.6 cm³/mol. The van der Waals surface area contributed by atoms with E-state index in [9.17, 15) is 4.79 Å². The molecule has 90 valence electrons. The Balaban J connectivity index is 2.19. The van der Waals surface area contributed by atoms with Crippen molar-refractivity contribution in [1.29, 1.82) is 5.26 Å². The van der Waals surface area contributed by atoms with Crippen LogP contribution in [0, 0.1) is 11.3 Å². The Labute approximate surface area is 103 Å². The number of benzene rings is 1. The molecule has 0 N–H and O–H groups in total. The highest BCUT2D eigenvalue weighted by atomic mass is 16.5. The molecule has 6 heteroatoms. The van der Waals surface area contributed by atoms with Gasteiger partial charge in [0, 0.05) is 0 Å². The third-order valence-corrected chi connectivity index (χ3v) is 2.33. The molecular weight excluding hydrogens is 232 g/mol. The van der Waals surface area contributed by atoms with E-state index in [1.807, 2.05) is 12.1 Å². The molecule has 0 aliphatic heterocycles. The van der Waals surface area contributed by atoms with Gasteiger partial charge >= 0.3 is 5.97 Å². The van der Waals surface area contributed by atoms with Gasteiger partial charge in [0.25, 0.3) is 5.82 Å². The standard InChI is InChI=1S/C12H10N4O2/c1-18-12(17)10-4-2-3-9(5-10)7-16-8-14-11(6-13)15-16/h2-5,8H,7H2,1H3. The number of hydrogen-bond donors (Lipinski definition) is 0. The van der Waals surface area contributed by atoms with Gasteiger partial charge in [-0.2, -0.15) is 5.26 Å². The Morgan fingerprint density at radius 2 is 2.39 bits per heavy atom. The lowest BCUT2D eigenvalue weighted by molar-refractivity contribution is 0.0600. The number of ether oxygens (including phenoxy) is 1. The van der Waals surface area contributed by atoms with Crippen LogP contribution in [0.5, 0.6) is 0 Å². The topological polar surface area (TPSA) is 80.8 Å². The minimum Gasteiger partial charge on any atom is -0.465 e. The maximum absolute atomic E-state index is 11.4. The van der Waals surface area contributed by atoms with Gasteiger partial charge in [-0.25, -0.2) is 14.5 Å². The summed E-state index contributed by atoms with van der Waals surface area (Å²) in [4.78, 5) is 15.2. The van der Waals surface area contributed by atoms with E-state index in [0.717, 1.165) is 5.56 Å². The summed E-state index contributed by atoms with van der Waals surface area (Å²) < 4.78 is 6.18. The van der Waals surface area contributed by atoms with Crippen molar-refractivity contribution in [1.82, 2.24) is 14.8 Å². The molecule has 0 unspecified atom stereocenters. The van der Waals surface area contributed by atoms with E-state index in [4.69, 9.17) is 5.26 Å². The maximum atomic E-state index is 11.4. The van der Waals surface area contributed by atoms with Crippen LogP contribution in [0.2, 0.25) is 0 Å². The summed E-state index contributed by atoms with van der Waals surface area (Å²) in [5, 5.41) is 12.6. The molecule has 0 bridgehead atoms. The second-order valence-corrected chi connectivity index (χ2v) is 3.57. The van der Waals surface area contributed by atoms with Crippen molar-refractivity contribution < 1.29 is 9.53 Å². The second kappa shape index (κ2) is 5.10. The fraction of sp³-hybridized carbons (Fsp3) is 0.167. The molecule has 0 atom stereocenters. The summed E-state index contributed by atoms with van der Waals surface area (Å²) >= 11 is 0. The van der Waals surface area contributed by atoms with Crippen LogP contribution in [-0.2, 0) is 11.3 Å². The van der Waals surface area contributed by atoms with Crippen molar-refractivity contribution in [3.05, 3.63) is 47.5 Å². The third kappa shape index (κ3) is 2.52. The normalized spacial score (nSPS) is 9.78. The van der Waals surface area contributed by atoms with Gasteiger partial charge in [0.15, 0.2) is 0 Å². The lowest BCUT2D eigenvalue weighted by Crippen LogP contribution is -2.04. The molecule has 0 amide bonds. The Hall–Kier alpha value is -2.68. The van der Waals surface area contributed by atoms with E-state index < -0.39 is 0 Å². The third-order valence-electron chi connectivity index (χ3n) is 2.33. The number of carbonyl (C=O) groups excluding carboxylic acids is 1. The summed E-state index contributed by atoms with van der Waals surface area (Å²) in [7, 11) is 1.34. The van der Waals surface area contributed by atoms with Crippen LogP contribution in [0.15, 0.2) is 30.6 Å². The molecule has 1 heterocycles. The molecule has 0 aliphatic rings. The lowest BCUT2D eigenvalue weighted by atomic mass is 10.1. The van der Waals surface area contributed by atoms with E-state index in [-0.39, 0.29) is 11.8 Å². The van der Waals surface area contributed by atoms with Gasteiger partial charge in [-0.05, 0) is 17.7 Å². The van der Waals surface area contributed by atoms with Crippen LogP contribution in [0.25, 0.3) is 0 Å². The Morgan fingerprint density at radius 3 is 3.06 bits per heavy atom. The molecule has 0 radical (unpaired) electrons. The van der Waals surface area contributed by atoms with Gasteiger partial charge in [0.05, 0.1) is 19.2 Å². The molecule has 1 aromatic carbocycles. The molecule has 2 rings (SSSR count). The fourth-order valence-electron chi connectivity index (χ4n) is 1.52. The molecule has 6 nitrogen and oxygen atoms in total. The first-order valence-electron chi connectivity index (χ1n) is 5.19. The van der Waals surface area contributed by atoms with Crippen molar-refractivity contribution in [2.45, 2.75) is 6.54 Å². The van der Waals surface area contributed by atoms with E-state index >= 15 is 0 Å². The van der Waals surface area contributed by atoms with Crippen LogP contribution in [0.3, 0.4) is 0 Å². The lowest BCUT2D eigenvalue weighted by Gasteiger charge is -2.03. The highest BCUT2D eigenvalue weighted by molar-refractivity contribution is 5.89. The van der Waals surface area contributed by atoms with Gasteiger partial charge in [0.2, 0.25) is 0 Å². The maximum Gasteiger partial charge on any atom is 0.337 e. The van der Waals surface area contributed by atoms with Crippen molar-refractivity contribution in [2.75, 3.05) is 7.11 Å². The zero-order chi connectivity index (χ0) is 13.0. The number of rotatable bonds is 3. The smallest absolute Gasteiger partial charge is 0.337 e. The van der Waals surface area contributed by atoms with Crippen molar-refractivity contribution >= 4 is 5.97 Å². The number of aromatic nitrogens is 3. The first-order chi connectivity index (χ1) is 8.72. The quantitative estimate of drug-likeness (QED) is 0.749. The van der Waals surface area contributed by atoms with Crippen LogP contribution >= 0.6 is 0 Å². The summed E-state index contributed by atoms with van der Waals surface area (Å²) in [6.45, 7) is 0.444. The summed E-state index contributed by atoms with van der Waals surface area (Å²) in [5.74, 6) is -0.257. The number of esters is 1. The molecule has 18 heavy (non-hydrogen) atoms. The van der Waals surface area contributed by atoms with Crippen LogP contribution in [0.4, 0.5) is 0 Å². The van der Waals surface area contributed by atoms with Gasteiger partial charge in [-0.15, -0.1) is 5.10 Å². The van der Waals surface area contributed by atoms with E-state index in [0.29, 0.717) is 12.1 Å². The highest BCUT2D eigenvalue weighted by Gasteiger charge is 2.06. The molecule has 0 fully saturated rings. The van der Waals surface area contributed by atoms with Crippen LogP contribution < -0.4 is 0 Å². The van der Waals surface area contributed by atoms with Crippen molar-refractivity contribution in [3.63, 3.8) is 0 Å². The molecule has 0 saturated carbocycles. The number of nitriles is 1. The summed E-state index contributed by atoms with van der Waals surface area (Å²) in [6, 6.07) is 8.88. The van der Waals surface area contributed by atoms with Gasteiger partial charge in [0.1, 0.15) is 12.4 Å². The molecule has 0 aliphatic carbocycles. The van der Waals surface area contributed by atoms with Crippen molar-refractivity contribution in [3.8, 4) is 6.07 Å². The van der Waals surface area contributed by atoms with Gasteiger partial charge in [-0.1, -0.05) is 12.1 Å². The average molecular weight is 242 g/mol. The Kier molecular flexibility index (Phi) is 3.34. The second-order valence-electron chi connectivity index (χ2n) is 3.57. The minimum absolute atomic E-state index is 0.124. The summed E-state index contributed by atoms with van der Waals surface area (Å²) in [6.07, 6.45) is 1.48. The Morgan fingerprint density at radius 1 is 1.56 bits per heavy atom. The minimum atomic E-state index is -0.381. The van der Waals surface area contributed by atoms with E-state index in [1.165, 1.54) is 18.1 Å². The zero-order valence-electron chi connectivity index (χ0n) is 9.70. The SMILES string of the molecule is COC(=O)c1cccc(Cn2cnc(C#N)n2)c1. The summed E-state index contributed by atoms with van der Waals surface area (Å²) in [5.41, 5.74) is 1.36. The Bertz CT molecular complexity index is 613. The van der Waals surface area contributed by atoms with Crippen LogP contribution in [-0.4, -0.2) is 27.8 Å².